The number of nitro groups is 1. The Labute approximate surface area is 79.9 Å². The number of benzene rings is 1. The zero-order valence-corrected chi connectivity index (χ0v) is 7.43. The van der Waals surface area contributed by atoms with Crippen LogP contribution in [0.5, 0.6) is 0 Å². The van der Waals surface area contributed by atoms with E-state index in [2.05, 4.69) is 10.2 Å². The van der Waals surface area contributed by atoms with Gasteiger partial charge in [-0.1, -0.05) is 18.2 Å². The van der Waals surface area contributed by atoms with Gasteiger partial charge < -0.3 is 0 Å². The van der Waals surface area contributed by atoms with Crippen LogP contribution in [0.1, 0.15) is 5.69 Å². The molecule has 0 fully saturated rings. The van der Waals surface area contributed by atoms with Gasteiger partial charge >= 0.3 is 0 Å². The number of fused-ring (bicyclic) bond motifs is 1. The van der Waals surface area contributed by atoms with Gasteiger partial charge in [0, 0.05) is 16.0 Å². The molecule has 0 radical (unpaired) electrons. The summed E-state index contributed by atoms with van der Waals surface area (Å²) in [5.41, 5.74) is 1.68. The van der Waals surface area contributed by atoms with E-state index in [1.165, 1.54) is 0 Å². The largest absolute Gasteiger partial charge is 0.281 e. The quantitative estimate of drug-likeness (QED) is 0.588. The lowest BCUT2D eigenvalue weighted by Gasteiger charge is -1.92. The summed E-state index contributed by atoms with van der Waals surface area (Å²) in [6.07, 6.45) is 0.396. The van der Waals surface area contributed by atoms with Crippen LogP contribution in [0.4, 0.5) is 0 Å². The first kappa shape index (κ1) is 8.68. The zero-order valence-electron chi connectivity index (χ0n) is 7.43. The van der Waals surface area contributed by atoms with Crippen molar-refractivity contribution < 1.29 is 4.92 Å². The minimum absolute atomic E-state index is 0.0633. The third kappa shape index (κ3) is 1.56. The van der Waals surface area contributed by atoms with E-state index < -0.39 is 0 Å². The van der Waals surface area contributed by atoms with Crippen molar-refractivity contribution in [3.63, 3.8) is 0 Å². The summed E-state index contributed by atoms with van der Waals surface area (Å²) in [5.74, 6) is 0. The molecule has 14 heavy (non-hydrogen) atoms. The van der Waals surface area contributed by atoms with Crippen molar-refractivity contribution >= 4 is 10.9 Å². The van der Waals surface area contributed by atoms with Gasteiger partial charge in [-0.3, -0.25) is 15.2 Å². The van der Waals surface area contributed by atoms with Gasteiger partial charge in [-0.25, -0.2) is 0 Å². The molecule has 0 aliphatic heterocycles. The average molecular weight is 191 g/mol. The second kappa shape index (κ2) is 3.45. The van der Waals surface area contributed by atoms with Gasteiger partial charge in [-0.2, -0.15) is 5.10 Å². The standard InChI is InChI=1S/C9H9N3O2/c13-12(14)6-5-9-7-3-1-2-4-8(7)10-11-9/h1-4H,5-6H2,(H,10,11). The molecule has 72 valence electrons. The molecule has 1 heterocycles. The summed E-state index contributed by atoms with van der Waals surface area (Å²) in [5, 5.41) is 18.0. The lowest BCUT2D eigenvalue weighted by molar-refractivity contribution is -0.479. The highest BCUT2D eigenvalue weighted by atomic mass is 16.6. The van der Waals surface area contributed by atoms with Crippen LogP contribution in [0.15, 0.2) is 24.3 Å². The summed E-state index contributed by atoms with van der Waals surface area (Å²) in [6.45, 7) is -0.0633. The molecule has 0 amide bonds. The van der Waals surface area contributed by atoms with Crippen LogP contribution in [0, 0.1) is 10.1 Å². The number of nitrogens with zero attached hydrogens (tertiary/aromatic N) is 2. The minimum atomic E-state index is -0.324. The Kier molecular flexibility index (Phi) is 2.14. The molecule has 0 aliphatic carbocycles. The van der Waals surface area contributed by atoms with Crippen molar-refractivity contribution in [2.75, 3.05) is 6.54 Å². The predicted molar refractivity (Wildman–Crippen MR) is 51.7 cm³/mol. The fourth-order valence-electron chi connectivity index (χ4n) is 1.41. The highest BCUT2D eigenvalue weighted by Gasteiger charge is 2.06. The number of para-hydroxylation sites is 1. The minimum Gasteiger partial charge on any atom is -0.281 e. The summed E-state index contributed by atoms with van der Waals surface area (Å²) in [7, 11) is 0. The lowest BCUT2D eigenvalue weighted by atomic mass is 10.2. The third-order valence-corrected chi connectivity index (χ3v) is 2.08. The molecule has 2 aromatic rings. The van der Waals surface area contributed by atoms with Crippen molar-refractivity contribution in [1.29, 1.82) is 0 Å². The molecule has 0 aliphatic rings. The number of hydrogen-bond acceptors (Lipinski definition) is 3. The number of H-pyrrole nitrogens is 1. The number of rotatable bonds is 3. The molecule has 0 bridgehead atoms. The molecule has 0 atom stereocenters. The van der Waals surface area contributed by atoms with E-state index in [-0.39, 0.29) is 11.5 Å². The SMILES string of the molecule is O=[N+]([O-])CCc1[nH]nc2ccccc12. The molecule has 1 N–H and O–H groups in total. The molecule has 5 nitrogen and oxygen atoms in total. The highest BCUT2D eigenvalue weighted by Crippen LogP contribution is 2.15. The maximum atomic E-state index is 10.2. The van der Waals surface area contributed by atoms with E-state index in [1.807, 2.05) is 24.3 Å². The smallest absolute Gasteiger partial charge is 0.209 e. The van der Waals surface area contributed by atoms with Crippen LogP contribution >= 0.6 is 0 Å². The van der Waals surface area contributed by atoms with Crippen LogP contribution in [0.3, 0.4) is 0 Å². The molecule has 2 rings (SSSR count). The van der Waals surface area contributed by atoms with Gasteiger partial charge in [-0.05, 0) is 6.07 Å². The molecule has 0 unspecified atom stereocenters. The first-order chi connectivity index (χ1) is 6.77. The predicted octanol–water partition coefficient (Wildman–Crippen LogP) is 1.38. The number of aromatic amines is 1. The summed E-state index contributed by atoms with van der Waals surface area (Å²) in [6, 6.07) is 7.57. The zero-order chi connectivity index (χ0) is 9.97. The molecule has 5 heteroatoms. The molecule has 1 aromatic heterocycles. The Balaban J connectivity index is 2.29. The maximum Gasteiger partial charge on any atom is 0.209 e. The second-order valence-electron chi connectivity index (χ2n) is 3.03. The topological polar surface area (TPSA) is 71.8 Å². The monoisotopic (exact) mass is 191 g/mol. The second-order valence-corrected chi connectivity index (χ2v) is 3.03. The van der Waals surface area contributed by atoms with Gasteiger partial charge in [0.2, 0.25) is 6.54 Å². The van der Waals surface area contributed by atoms with Crippen molar-refractivity contribution in [3.8, 4) is 0 Å². The Bertz CT molecular complexity index is 464. The van der Waals surface area contributed by atoms with Crippen molar-refractivity contribution in [1.82, 2.24) is 10.2 Å². The Morgan fingerprint density at radius 1 is 1.43 bits per heavy atom. The van der Waals surface area contributed by atoms with E-state index in [4.69, 9.17) is 0 Å². The Hall–Kier alpha value is -1.91. The lowest BCUT2D eigenvalue weighted by Crippen LogP contribution is -2.04. The van der Waals surface area contributed by atoms with Gasteiger partial charge in [0.25, 0.3) is 0 Å². The van der Waals surface area contributed by atoms with Gasteiger partial charge in [0.1, 0.15) is 0 Å². The summed E-state index contributed by atoms with van der Waals surface area (Å²) in [4.78, 5) is 9.88. The third-order valence-electron chi connectivity index (χ3n) is 2.08. The molecular formula is C9H9N3O2. The maximum absolute atomic E-state index is 10.2. The first-order valence-electron chi connectivity index (χ1n) is 4.31. The highest BCUT2D eigenvalue weighted by molar-refractivity contribution is 5.81. The molecule has 0 spiro atoms. The molecule has 0 saturated heterocycles. The first-order valence-corrected chi connectivity index (χ1v) is 4.31. The van der Waals surface area contributed by atoms with Crippen LogP contribution in [-0.4, -0.2) is 21.7 Å². The van der Waals surface area contributed by atoms with Crippen LogP contribution in [0.2, 0.25) is 0 Å². The van der Waals surface area contributed by atoms with Crippen LogP contribution in [-0.2, 0) is 6.42 Å². The normalized spacial score (nSPS) is 10.6. The van der Waals surface area contributed by atoms with Gasteiger partial charge in [-0.15, -0.1) is 0 Å². The fraction of sp³-hybridized carbons (Fsp3) is 0.222. The van der Waals surface area contributed by atoms with E-state index >= 15 is 0 Å². The van der Waals surface area contributed by atoms with Gasteiger partial charge in [0.05, 0.1) is 11.9 Å². The van der Waals surface area contributed by atoms with Gasteiger partial charge in [0.15, 0.2) is 0 Å². The summed E-state index contributed by atoms with van der Waals surface area (Å²) < 4.78 is 0. The van der Waals surface area contributed by atoms with Crippen LogP contribution in [0.25, 0.3) is 10.9 Å². The van der Waals surface area contributed by atoms with Crippen LogP contribution < -0.4 is 0 Å². The average Bonchev–Trinajstić information content (AvgIpc) is 2.58. The molecule has 0 saturated carbocycles. The Morgan fingerprint density at radius 3 is 3.00 bits per heavy atom. The molecular weight excluding hydrogens is 182 g/mol. The van der Waals surface area contributed by atoms with E-state index in [0.717, 1.165) is 16.6 Å². The van der Waals surface area contributed by atoms with E-state index in [0.29, 0.717) is 6.42 Å². The summed E-state index contributed by atoms with van der Waals surface area (Å²) >= 11 is 0. The van der Waals surface area contributed by atoms with Crippen molar-refractivity contribution in [2.24, 2.45) is 0 Å². The molecule has 1 aromatic carbocycles. The van der Waals surface area contributed by atoms with Crippen molar-refractivity contribution in [3.05, 3.63) is 40.1 Å². The van der Waals surface area contributed by atoms with E-state index in [1.54, 1.807) is 0 Å². The number of aromatic nitrogens is 2. The number of hydrogen-bond donors (Lipinski definition) is 1. The van der Waals surface area contributed by atoms with Crippen molar-refractivity contribution in [2.45, 2.75) is 6.42 Å². The fourth-order valence-corrected chi connectivity index (χ4v) is 1.41. The Morgan fingerprint density at radius 2 is 2.21 bits per heavy atom. The van der Waals surface area contributed by atoms with E-state index in [9.17, 15) is 10.1 Å². The number of nitrogens with one attached hydrogen (secondary N) is 1.